The Labute approximate surface area is 181 Å². The summed E-state index contributed by atoms with van der Waals surface area (Å²) in [6, 6.07) is 17.6. The van der Waals surface area contributed by atoms with Crippen molar-refractivity contribution < 1.29 is 9.53 Å². The van der Waals surface area contributed by atoms with Crippen LogP contribution >= 0.6 is 11.8 Å². The molecule has 0 saturated carbocycles. The van der Waals surface area contributed by atoms with E-state index in [2.05, 4.69) is 16.8 Å². The number of methoxy groups -OCH3 is 1. The van der Waals surface area contributed by atoms with Crippen molar-refractivity contribution in [3.05, 3.63) is 66.7 Å². The summed E-state index contributed by atoms with van der Waals surface area (Å²) in [5, 5.41) is 9.48. The first-order valence-electron chi connectivity index (χ1n) is 9.73. The van der Waals surface area contributed by atoms with Crippen LogP contribution in [0.4, 0.5) is 0 Å². The number of aromatic nitrogens is 3. The maximum absolute atomic E-state index is 12.7. The Morgan fingerprint density at radius 1 is 1.13 bits per heavy atom. The van der Waals surface area contributed by atoms with Crippen molar-refractivity contribution in [1.29, 1.82) is 0 Å². The molecule has 0 aliphatic rings. The van der Waals surface area contributed by atoms with Crippen LogP contribution in [-0.4, -0.2) is 51.5 Å². The average Bonchev–Trinajstić information content (AvgIpc) is 3.20. The van der Waals surface area contributed by atoms with E-state index in [0.717, 1.165) is 22.6 Å². The van der Waals surface area contributed by atoms with E-state index in [1.807, 2.05) is 73.0 Å². The van der Waals surface area contributed by atoms with Gasteiger partial charge in [0.1, 0.15) is 5.75 Å². The van der Waals surface area contributed by atoms with Crippen LogP contribution in [0.2, 0.25) is 0 Å². The van der Waals surface area contributed by atoms with Gasteiger partial charge >= 0.3 is 0 Å². The first-order chi connectivity index (χ1) is 14.5. The number of ether oxygens (including phenoxy) is 1. The van der Waals surface area contributed by atoms with E-state index in [4.69, 9.17) is 4.74 Å². The van der Waals surface area contributed by atoms with Crippen molar-refractivity contribution in [1.82, 2.24) is 19.7 Å². The van der Waals surface area contributed by atoms with Crippen molar-refractivity contribution in [3.8, 4) is 22.8 Å². The highest BCUT2D eigenvalue weighted by molar-refractivity contribution is 7.99. The highest BCUT2D eigenvalue weighted by Gasteiger charge is 2.19. The summed E-state index contributed by atoms with van der Waals surface area (Å²) in [4.78, 5) is 14.5. The summed E-state index contributed by atoms with van der Waals surface area (Å²) in [6.45, 7) is 9.02. The fraction of sp³-hybridized carbons (Fsp3) is 0.261. The Bertz CT molecular complexity index is 1000. The molecule has 0 radical (unpaired) electrons. The first kappa shape index (κ1) is 21.6. The monoisotopic (exact) mass is 422 g/mol. The van der Waals surface area contributed by atoms with Gasteiger partial charge in [0.05, 0.1) is 12.9 Å². The zero-order valence-corrected chi connectivity index (χ0v) is 18.4. The van der Waals surface area contributed by atoms with E-state index in [1.165, 1.54) is 11.8 Å². The Morgan fingerprint density at radius 2 is 1.83 bits per heavy atom. The van der Waals surface area contributed by atoms with Crippen LogP contribution in [0, 0.1) is 0 Å². The number of hydrogen-bond acceptors (Lipinski definition) is 5. The minimum atomic E-state index is 0.0547. The molecule has 0 fully saturated rings. The smallest absolute Gasteiger partial charge is 0.233 e. The van der Waals surface area contributed by atoms with Crippen molar-refractivity contribution in [2.45, 2.75) is 19.0 Å². The van der Waals surface area contributed by atoms with E-state index < -0.39 is 0 Å². The zero-order valence-electron chi connectivity index (χ0n) is 17.5. The fourth-order valence-electron chi connectivity index (χ4n) is 3.02. The maximum atomic E-state index is 12.7. The second-order valence-electron chi connectivity index (χ2n) is 6.86. The molecule has 156 valence electrons. The molecule has 6 nitrogen and oxygen atoms in total. The van der Waals surface area contributed by atoms with Crippen molar-refractivity contribution in [2.75, 3.05) is 26.0 Å². The SMILES string of the molecule is C=C(C)CN(CC)C(=O)CSc1nnc(-c2ccc(OC)cc2)n1-c1ccccc1. The summed E-state index contributed by atoms with van der Waals surface area (Å²) < 4.78 is 7.24. The number of thioether (sulfide) groups is 1. The molecule has 0 N–H and O–H groups in total. The van der Waals surface area contributed by atoms with Gasteiger partial charge in [-0.05, 0) is 50.2 Å². The summed E-state index contributed by atoms with van der Waals surface area (Å²) >= 11 is 1.39. The number of rotatable bonds is 9. The third kappa shape index (κ3) is 5.10. The third-order valence-electron chi connectivity index (χ3n) is 4.52. The van der Waals surface area contributed by atoms with E-state index in [0.29, 0.717) is 24.1 Å². The van der Waals surface area contributed by atoms with Gasteiger partial charge < -0.3 is 9.64 Å². The third-order valence-corrected chi connectivity index (χ3v) is 5.43. The van der Waals surface area contributed by atoms with E-state index in [-0.39, 0.29) is 11.7 Å². The number of nitrogens with zero attached hydrogens (tertiary/aromatic N) is 4. The molecule has 30 heavy (non-hydrogen) atoms. The van der Waals surface area contributed by atoms with E-state index in [1.54, 1.807) is 12.0 Å². The molecule has 2 aromatic carbocycles. The normalized spacial score (nSPS) is 10.6. The minimum absolute atomic E-state index is 0.0547. The van der Waals surface area contributed by atoms with Crippen molar-refractivity contribution >= 4 is 17.7 Å². The van der Waals surface area contributed by atoms with Gasteiger partial charge in [0.15, 0.2) is 11.0 Å². The quantitative estimate of drug-likeness (QED) is 0.376. The largest absolute Gasteiger partial charge is 0.497 e. The van der Waals surface area contributed by atoms with Crippen LogP contribution in [-0.2, 0) is 4.79 Å². The van der Waals surface area contributed by atoms with Gasteiger partial charge in [0, 0.05) is 24.3 Å². The predicted octanol–water partition coefficient (Wildman–Crippen LogP) is 4.46. The lowest BCUT2D eigenvalue weighted by Crippen LogP contribution is -2.33. The number of likely N-dealkylation sites (N-methyl/N-ethyl adjacent to an activating group) is 1. The van der Waals surface area contributed by atoms with Gasteiger partial charge in [-0.2, -0.15) is 0 Å². The minimum Gasteiger partial charge on any atom is -0.497 e. The van der Waals surface area contributed by atoms with E-state index >= 15 is 0 Å². The van der Waals surface area contributed by atoms with Crippen LogP contribution in [0.1, 0.15) is 13.8 Å². The second kappa shape index (κ2) is 10.1. The molecule has 0 unspecified atom stereocenters. The summed E-state index contributed by atoms with van der Waals surface area (Å²) in [5.41, 5.74) is 2.82. The van der Waals surface area contributed by atoms with Crippen LogP contribution in [0.5, 0.6) is 5.75 Å². The molecule has 0 aliphatic heterocycles. The average molecular weight is 423 g/mol. The molecule has 0 saturated heterocycles. The summed E-state index contributed by atoms with van der Waals surface area (Å²) in [6.07, 6.45) is 0. The Kier molecular flexibility index (Phi) is 7.30. The second-order valence-corrected chi connectivity index (χ2v) is 7.80. The predicted molar refractivity (Wildman–Crippen MR) is 121 cm³/mol. The van der Waals surface area contributed by atoms with Crippen molar-refractivity contribution in [2.24, 2.45) is 0 Å². The van der Waals surface area contributed by atoms with E-state index in [9.17, 15) is 4.79 Å². The molecule has 0 aliphatic carbocycles. The Balaban J connectivity index is 1.90. The number of hydrogen-bond donors (Lipinski definition) is 0. The van der Waals surface area contributed by atoms with Crippen LogP contribution in [0.25, 0.3) is 17.1 Å². The van der Waals surface area contributed by atoms with Crippen molar-refractivity contribution in [3.63, 3.8) is 0 Å². The van der Waals surface area contributed by atoms with Crippen LogP contribution < -0.4 is 4.74 Å². The van der Waals surface area contributed by atoms with Crippen LogP contribution in [0.15, 0.2) is 71.9 Å². The lowest BCUT2D eigenvalue weighted by molar-refractivity contribution is -0.127. The molecule has 0 bridgehead atoms. The Morgan fingerprint density at radius 3 is 2.43 bits per heavy atom. The van der Waals surface area contributed by atoms with Gasteiger partial charge in [-0.25, -0.2) is 0 Å². The van der Waals surface area contributed by atoms with Gasteiger partial charge in [-0.3, -0.25) is 9.36 Å². The molecule has 1 amide bonds. The summed E-state index contributed by atoms with van der Waals surface area (Å²) in [7, 11) is 1.64. The number of amides is 1. The molecular formula is C23H26N4O2S. The molecule has 7 heteroatoms. The first-order valence-corrected chi connectivity index (χ1v) is 10.7. The molecule has 3 aromatic rings. The fourth-order valence-corrected chi connectivity index (χ4v) is 3.87. The lowest BCUT2D eigenvalue weighted by atomic mass is 10.2. The number of benzene rings is 2. The standard InChI is InChI=1S/C23H26N4O2S/c1-5-26(15-17(2)3)21(28)16-30-23-25-24-22(18-11-13-20(29-4)14-12-18)27(23)19-9-7-6-8-10-19/h6-14H,2,5,15-16H2,1,3-4H3. The summed E-state index contributed by atoms with van der Waals surface area (Å²) in [5.74, 6) is 1.84. The van der Waals surface area contributed by atoms with Gasteiger partial charge in [-0.1, -0.05) is 42.1 Å². The zero-order chi connectivity index (χ0) is 21.5. The van der Waals surface area contributed by atoms with Gasteiger partial charge in [0.25, 0.3) is 0 Å². The van der Waals surface area contributed by atoms with Gasteiger partial charge in [-0.15, -0.1) is 10.2 Å². The molecule has 0 atom stereocenters. The molecule has 0 spiro atoms. The molecule has 1 heterocycles. The highest BCUT2D eigenvalue weighted by Crippen LogP contribution is 2.29. The topological polar surface area (TPSA) is 60.3 Å². The number of para-hydroxylation sites is 1. The van der Waals surface area contributed by atoms with Gasteiger partial charge in [0.2, 0.25) is 5.91 Å². The molecule has 3 rings (SSSR count). The maximum Gasteiger partial charge on any atom is 0.233 e. The number of carbonyl (C=O) groups is 1. The lowest BCUT2D eigenvalue weighted by Gasteiger charge is -2.20. The number of carbonyl (C=O) groups excluding carboxylic acids is 1. The molecule has 1 aromatic heterocycles. The highest BCUT2D eigenvalue weighted by atomic mass is 32.2. The van der Waals surface area contributed by atoms with Crippen LogP contribution in [0.3, 0.4) is 0 Å². The molecular weight excluding hydrogens is 396 g/mol. The Hall–Kier alpha value is -3.06.